The van der Waals surface area contributed by atoms with Crippen LogP contribution in [0.25, 0.3) is 16.8 Å². The lowest BCUT2D eigenvalue weighted by atomic mass is 9.86. The summed E-state index contributed by atoms with van der Waals surface area (Å²) in [4.78, 5) is 19.7. The number of primary amides is 1. The van der Waals surface area contributed by atoms with E-state index in [0.29, 0.717) is 22.3 Å². The van der Waals surface area contributed by atoms with Crippen molar-refractivity contribution < 1.29 is 18.0 Å². The third kappa shape index (κ3) is 4.12. The first-order chi connectivity index (χ1) is 16.3. The number of carbonyl (C=O) groups is 1. The Balaban J connectivity index is 1.54. The molecular formula is C22H21F3N8O. The van der Waals surface area contributed by atoms with E-state index in [4.69, 9.17) is 5.73 Å². The number of nitrogens with zero attached hydrogens (tertiary/aromatic N) is 6. The molecule has 0 spiro atoms. The monoisotopic (exact) mass is 470 g/mol. The molecule has 0 saturated carbocycles. The van der Waals surface area contributed by atoms with Crippen molar-refractivity contribution >= 4 is 11.6 Å². The molecule has 0 aliphatic carbocycles. The van der Waals surface area contributed by atoms with E-state index >= 15 is 0 Å². The van der Waals surface area contributed by atoms with Gasteiger partial charge >= 0.3 is 6.18 Å². The molecule has 4 aromatic heterocycles. The lowest BCUT2D eigenvalue weighted by Gasteiger charge is -2.31. The Kier molecular flexibility index (Phi) is 5.52. The van der Waals surface area contributed by atoms with Crippen LogP contribution in [0.1, 0.15) is 40.5 Å². The Morgan fingerprint density at radius 2 is 1.88 bits per heavy atom. The Morgan fingerprint density at radius 3 is 2.56 bits per heavy atom. The lowest BCUT2D eigenvalue weighted by molar-refractivity contribution is -0.141. The standard InChI is InChI=1S/C22H21F3N8O/c23-22(24,25)18-2-1-14(8-28-18)19(13-3-5-27-6-4-13)32-11-16(9-30-32)15-7-17(20(26)34)21-29-12-31-33(21)10-15/h1-2,7-13,19,27H,3-6H2,(H2,26,34). The summed E-state index contributed by atoms with van der Waals surface area (Å²) in [6, 6.07) is 3.81. The van der Waals surface area contributed by atoms with Gasteiger partial charge in [0, 0.05) is 29.7 Å². The van der Waals surface area contributed by atoms with Gasteiger partial charge in [-0.1, -0.05) is 6.07 Å². The van der Waals surface area contributed by atoms with Crippen molar-refractivity contribution in [2.45, 2.75) is 25.1 Å². The number of fused-ring (bicyclic) bond motifs is 1. The molecule has 1 atom stereocenters. The Hall–Kier alpha value is -3.80. The fourth-order valence-corrected chi connectivity index (χ4v) is 4.45. The molecule has 1 fully saturated rings. The van der Waals surface area contributed by atoms with Gasteiger partial charge in [-0.3, -0.25) is 14.5 Å². The van der Waals surface area contributed by atoms with Crippen molar-refractivity contribution in [3.8, 4) is 11.1 Å². The molecule has 0 aromatic carbocycles. The molecule has 1 unspecified atom stereocenters. The second-order valence-electron chi connectivity index (χ2n) is 8.25. The number of alkyl halides is 3. The quantitative estimate of drug-likeness (QED) is 0.463. The largest absolute Gasteiger partial charge is 0.433 e. The number of piperidine rings is 1. The van der Waals surface area contributed by atoms with Crippen molar-refractivity contribution in [3.63, 3.8) is 0 Å². The van der Waals surface area contributed by atoms with Crippen molar-refractivity contribution in [3.05, 3.63) is 66.1 Å². The van der Waals surface area contributed by atoms with Crippen LogP contribution in [0.2, 0.25) is 0 Å². The van der Waals surface area contributed by atoms with Gasteiger partial charge in [-0.25, -0.2) is 9.50 Å². The van der Waals surface area contributed by atoms with E-state index in [2.05, 4.69) is 25.5 Å². The van der Waals surface area contributed by atoms with Gasteiger partial charge in [-0.2, -0.15) is 23.4 Å². The van der Waals surface area contributed by atoms with Crippen LogP contribution < -0.4 is 11.1 Å². The molecular weight excluding hydrogens is 449 g/mol. The van der Waals surface area contributed by atoms with E-state index in [1.807, 2.05) is 6.20 Å². The molecule has 1 aliphatic heterocycles. The van der Waals surface area contributed by atoms with Crippen molar-refractivity contribution in [2.24, 2.45) is 11.7 Å². The smallest absolute Gasteiger partial charge is 0.365 e. The zero-order chi connectivity index (χ0) is 23.9. The van der Waals surface area contributed by atoms with E-state index < -0.39 is 17.8 Å². The summed E-state index contributed by atoms with van der Waals surface area (Å²) in [6.07, 6.45) is 4.98. The molecule has 176 valence electrons. The molecule has 9 nitrogen and oxygen atoms in total. The van der Waals surface area contributed by atoms with Gasteiger partial charge in [0.25, 0.3) is 5.91 Å². The third-order valence-electron chi connectivity index (χ3n) is 6.11. The topological polar surface area (TPSA) is 116 Å². The number of amides is 1. The molecule has 0 radical (unpaired) electrons. The molecule has 4 aromatic rings. The summed E-state index contributed by atoms with van der Waals surface area (Å²) in [5, 5.41) is 12.0. The van der Waals surface area contributed by atoms with Crippen molar-refractivity contribution in [1.82, 2.24) is 34.7 Å². The molecule has 1 saturated heterocycles. The van der Waals surface area contributed by atoms with Gasteiger partial charge in [0.05, 0.1) is 17.8 Å². The maximum absolute atomic E-state index is 13.0. The molecule has 5 heterocycles. The second kappa shape index (κ2) is 8.52. The number of hydrogen-bond donors (Lipinski definition) is 2. The van der Waals surface area contributed by atoms with E-state index in [1.54, 1.807) is 23.1 Å². The number of hydrogen-bond acceptors (Lipinski definition) is 6. The third-order valence-corrected chi connectivity index (χ3v) is 6.11. The fraction of sp³-hybridized carbons (Fsp3) is 0.318. The van der Waals surface area contributed by atoms with E-state index in [-0.39, 0.29) is 17.5 Å². The van der Waals surface area contributed by atoms with Crippen LogP contribution >= 0.6 is 0 Å². The zero-order valence-corrected chi connectivity index (χ0v) is 17.9. The summed E-state index contributed by atoms with van der Waals surface area (Å²) >= 11 is 0. The SMILES string of the molecule is NC(=O)c1cc(-c2cnn(C(c3ccc(C(F)(F)F)nc3)C3CCNCC3)c2)cn2ncnc12. The molecule has 12 heteroatoms. The van der Waals surface area contributed by atoms with E-state index in [0.717, 1.165) is 32.0 Å². The number of halogens is 3. The lowest BCUT2D eigenvalue weighted by Crippen LogP contribution is -2.33. The van der Waals surface area contributed by atoms with Gasteiger partial charge in [0.1, 0.15) is 12.0 Å². The van der Waals surface area contributed by atoms with E-state index in [9.17, 15) is 18.0 Å². The maximum Gasteiger partial charge on any atom is 0.433 e. The maximum atomic E-state index is 13.0. The van der Waals surface area contributed by atoms with Crippen molar-refractivity contribution in [1.29, 1.82) is 0 Å². The number of carbonyl (C=O) groups excluding carboxylic acids is 1. The van der Waals surface area contributed by atoms with Crippen LogP contribution in [0.4, 0.5) is 13.2 Å². The molecule has 3 N–H and O–H groups in total. The summed E-state index contributed by atoms with van der Waals surface area (Å²) < 4.78 is 42.3. The minimum absolute atomic E-state index is 0.159. The highest BCUT2D eigenvalue weighted by molar-refractivity contribution is 5.99. The van der Waals surface area contributed by atoms with Crippen LogP contribution in [0.5, 0.6) is 0 Å². The highest BCUT2D eigenvalue weighted by Gasteiger charge is 2.33. The first kappa shape index (κ1) is 22.0. The Morgan fingerprint density at radius 1 is 1.09 bits per heavy atom. The van der Waals surface area contributed by atoms with E-state index in [1.165, 1.54) is 23.1 Å². The number of nitrogens with one attached hydrogen (secondary N) is 1. The summed E-state index contributed by atoms with van der Waals surface area (Å²) in [5.74, 6) is -0.470. The van der Waals surface area contributed by atoms with Gasteiger partial charge in [-0.15, -0.1) is 0 Å². The van der Waals surface area contributed by atoms with Gasteiger partial charge in [-0.05, 0) is 49.5 Å². The molecule has 34 heavy (non-hydrogen) atoms. The van der Waals surface area contributed by atoms with Gasteiger partial charge < -0.3 is 11.1 Å². The molecule has 1 amide bonds. The summed E-state index contributed by atoms with van der Waals surface area (Å²) in [6.45, 7) is 1.63. The first-order valence-electron chi connectivity index (χ1n) is 10.7. The predicted octanol–water partition coefficient (Wildman–Crippen LogP) is 2.69. The van der Waals surface area contributed by atoms with Crippen LogP contribution in [0.3, 0.4) is 0 Å². The zero-order valence-electron chi connectivity index (χ0n) is 17.9. The number of nitrogens with two attached hydrogens (primary N) is 1. The van der Waals surface area contributed by atoms with Gasteiger partial charge in [0.15, 0.2) is 5.65 Å². The second-order valence-corrected chi connectivity index (χ2v) is 8.25. The van der Waals surface area contributed by atoms with Crippen molar-refractivity contribution in [2.75, 3.05) is 13.1 Å². The highest BCUT2D eigenvalue weighted by Crippen LogP contribution is 2.35. The fourth-order valence-electron chi connectivity index (χ4n) is 4.45. The average molecular weight is 470 g/mol. The minimum atomic E-state index is -4.50. The van der Waals surface area contributed by atoms with Crippen LogP contribution in [-0.4, -0.2) is 48.4 Å². The van der Waals surface area contributed by atoms with Crippen LogP contribution in [-0.2, 0) is 6.18 Å². The Bertz CT molecular complexity index is 1320. The Labute approximate surface area is 191 Å². The number of pyridine rings is 2. The predicted molar refractivity (Wildman–Crippen MR) is 116 cm³/mol. The first-order valence-corrected chi connectivity index (χ1v) is 10.7. The number of aromatic nitrogens is 6. The summed E-state index contributed by atoms with van der Waals surface area (Å²) in [7, 11) is 0. The van der Waals surface area contributed by atoms with Crippen LogP contribution in [0.15, 0.2) is 49.3 Å². The highest BCUT2D eigenvalue weighted by atomic mass is 19.4. The molecule has 1 aliphatic rings. The average Bonchev–Trinajstić information content (AvgIpc) is 3.49. The normalized spacial score (nSPS) is 16.1. The molecule has 0 bridgehead atoms. The minimum Gasteiger partial charge on any atom is -0.365 e. The summed E-state index contributed by atoms with van der Waals surface area (Å²) in [5.41, 5.74) is 7.19. The van der Waals surface area contributed by atoms with Gasteiger partial charge in [0.2, 0.25) is 0 Å². The number of rotatable bonds is 5. The molecule has 5 rings (SSSR count). The van der Waals surface area contributed by atoms with Crippen LogP contribution in [0, 0.1) is 5.92 Å².